The molecule has 2 aromatic rings. The van der Waals surface area contributed by atoms with Gasteiger partial charge in [-0.05, 0) is 33.5 Å². The van der Waals surface area contributed by atoms with Gasteiger partial charge in [0.15, 0.2) is 0 Å². The first kappa shape index (κ1) is 13.9. The molecule has 0 fully saturated rings. The molecule has 0 aliphatic rings. The van der Waals surface area contributed by atoms with E-state index in [1.165, 1.54) is 6.07 Å². The molecule has 0 saturated carbocycles. The predicted octanol–water partition coefficient (Wildman–Crippen LogP) is 3.39. The SMILES string of the molecule is CC(C)c1nc(Cc2ccccc2F)[nH]c(=O)c1Br. The Hall–Kier alpha value is -1.49. The molecule has 1 N–H and O–H groups in total. The molecule has 5 heteroatoms. The van der Waals surface area contributed by atoms with Gasteiger partial charge in [-0.1, -0.05) is 32.0 Å². The lowest BCUT2D eigenvalue weighted by Crippen LogP contribution is -2.17. The minimum atomic E-state index is -0.292. The van der Waals surface area contributed by atoms with Crippen molar-refractivity contribution in [3.05, 3.63) is 62.0 Å². The van der Waals surface area contributed by atoms with Gasteiger partial charge in [0, 0.05) is 6.42 Å². The third kappa shape index (κ3) is 3.10. The summed E-state index contributed by atoms with van der Waals surface area (Å²) in [5, 5.41) is 0. The maximum Gasteiger partial charge on any atom is 0.265 e. The van der Waals surface area contributed by atoms with E-state index in [1.54, 1.807) is 18.2 Å². The lowest BCUT2D eigenvalue weighted by atomic mass is 10.1. The number of nitrogens with one attached hydrogen (secondary N) is 1. The molecule has 0 saturated heterocycles. The van der Waals surface area contributed by atoms with Gasteiger partial charge in [0.25, 0.3) is 5.56 Å². The van der Waals surface area contributed by atoms with Gasteiger partial charge >= 0.3 is 0 Å². The summed E-state index contributed by atoms with van der Waals surface area (Å²) in [6.07, 6.45) is 0.273. The minimum absolute atomic E-state index is 0.121. The van der Waals surface area contributed by atoms with Gasteiger partial charge in [-0.25, -0.2) is 9.37 Å². The Kier molecular flexibility index (Phi) is 4.14. The summed E-state index contributed by atoms with van der Waals surface area (Å²) in [5.41, 5.74) is 0.975. The molecule has 0 aliphatic carbocycles. The number of benzene rings is 1. The first-order valence-electron chi connectivity index (χ1n) is 6.01. The van der Waals surface area contributed by atoms with E-state index in [-0.39, 0.29) is 23.7 Å². The Balaban J connectivity index is 2.42. The molecule has 3 nitrogen and oxygen atoms in total. The summed E-state index contributed by atoms with van der Waals surface area (Å²) in [6, 6.07) is 6.48. The number of nitrogens with zero attached hydrogens (tertiary/aromatic N) is 1. The molecule has 1 aromatic carbocycles. The summed E-state index contributed by atoms with van der Waals surface area (Å²) in [5.74, 6) is 0.303. The second-order valence-corrected chi connectivity index (χ2v) is 5.43. The van der Waals surface area contributed by atoms with Crippen molar-refractivity contribution in [3.8, 4) is 0 Å². The number of aromatic nitrogens is 2. The van der Waals surface area contributed by atoms with Crippen LogP contribution in [0.3, 0.4) is 0 Å². The molecule has 0 aliphatic heterocycles. The zero-order valence-electron chi connectivity index (χ0n) is 10.7. The zero-order valence-corrected chi connectivity index (χ0v) is 12.3. The third-order valence-electron chi connectivity index (χ3n) is 2.80. The molecule has 2 rings (SSSR count). The quantitative estimate of drug-likeness (QED) is 0.940. The Morgan fingerprint density at radius 3 is 2.68 bits per heavy atom. The first-order chi connectivity index (χ1) is 8.99. The number of halogens is 2. The summed E-state index contributed by atoms with van der Waals surface area (Å²) in [7, 11) is 0. The number of hydrogen-bond acceptors (Lipinski definition) is 2. The lowest BCUT2D eigenvalue weighted by molar-refractivity contribution is 0.611. The van der Waals surface area contributed by atoms with E-state index in [0.717, 1.165) is 0 Å². The fourth-order valence-electron chi connectivity index (χ4n) is 1.81. The monoisotopic (exact) mass is 324 g/mol. The Labute approximate surface area is 119 Å². The van der Waals surface area contributed by atoms with E-state index < -0.39 is 0 Å². The molecule has 1 aromatic heterocycles. The van der Waals surface area contributed by atoms with Gasteiger partial charge in [-0.3, -0.25) is 4.79 Å². The summed E-state index contributed by atoms with van der Waals surface area (Å²) in [4.78, 5) is 18.9. The molecule has 0 bridgehead atoms. The van der Waals surface area contributed by atoms with Crippen molar-refractivity contribution in [2.75, 3.05) is 0 Å². The molecule has 1 heterocycles. The molecule has 19 heavy (non-hydrogen) atoms. The average molecular weight is 325 g/mol. The zero-order chi connectivity index (χ0) is 14.0. The topological polar surface area (TPSA) is 45.8 Å². The van der Waals surface area contributed by atoms with Gasteiger partial charge in [-0.15, -0.1) is 0 Å². The molecule has 100 valence electrons. The minimum Gasteiger partial charge on any atom is -0.309 e. The molecular formula is C14H14BrFN2O. The van der Waals surface area contributed by atoms with Gasteiger partial charge in [-0.2, -0.15) is 0 Å². The van der Waals surface area contributed by atoms with Crippen LogP contribution in [0.2, 0.25) is 0 Å². The van der Waals surface area contributed by atoms with Crippen molar-refractivity contribution in [3.63, 3.8) is 0 Å². The average Bonchev–Trinajstić information content (AvgIpc) is 2.36. The van der Waals surface area contributed by atoms with Crippen molar-refractivity contribution >= 4 is 15.9 Å². The molecule has 0 spiro atoms. The van der Waals surface area contributed by atoms with Gasteiger partial charge < -0.3 is 4.98 Å². The van der Waals surface area contributed by atoms with E-state index in [2.05, 4.69) is 25.9 Å². The largest absolute Gasteiger partial charge is 0.309 e. The van der Waals surface area contributed by atoms with Crippen molar-refractivity contribution < 1.29 is 4.39 Å². The predicted molar refractivity (Wildman–Crippen MR) is 75.9 cm³/mol. The normalized spacial score (nSPS) is 11.0. The maximum atomic E-state index is 13.6. The highest BCUT2D eigenvalue weighted by atomic mass is 79.9. The first-order valence-corrected chi connectivity index (χ1v) is 6.80. The second kappa shape index (κ2) is 5.65. The summed E-state index contributed by atoms with van der Waals surface area (Å²) < 4.78 is 14.0. The molecule has 0 atom stereocenters. The van der Waals surface area contributed by atoms with Crippen LogP contribution in [0, 0.1) is 5.82 Å². The van der Waals surface area contributed by atoms with E-state index in [9.17, 15) is 9.18 Å². The third-order valence-corrected chi connectivity index (χ3v) is 3.57. The second-order valence-electron chi connectivity index (χ2n) is 4.63. The fourth-order valence-corrected chi connectivity index (χ4v) is 2.46. The van der Waals surface area contributed by atoms with Crippen LogP contribution in [0.4, 0.5) is 4.39 Å². The van der Waals surface area contributed by atoms with Crippen LogP contribution >= 0.6 is 15.9 Å². The van der Waals surface area contributed by atoms with Crippen LogP contribution in [0.15, 0.2) is 33.5 Å². The highest BCUT2D eigenvalue weighted by Gasteiger charge is 2.13. The van der Waals surface area contributed by atoms with Crippen LogP contribution in [-0.2, 0) is 6.42 Å². The van der Waals surface area contributed by atoms with Crippen LogP contribution in [0.5, 0.6) is 0 Å². The van der Waals surface area contributed by atoms with Crippen LogP contribution in [0.25, 0.3) is 0 Å². The number of aromatic amines is 1. The Morgan fingerprint density at radius 2 is 2.05 bits per heavy atom. The lowest BCUT2D eigenvalue weighted by Gasteiger charge is -2.09. The number of hydrogen-bond donors (Lipinski definition) is 1. The van der Waals surface area contributed by atoms with Gasteiger partial charge in [0.05, 0.1) is 5.69 Å². The van der Waals surface area contributed by atoms with Gasteiger partial charge in [0.2, 0.25) is 0 Å². The molecular weight excluding hydrogens is 311 g/mol. The highest BCUT2D eigenvalue weighted by Crippen LogP contribution is 2.19. The maximum absolute atomic E-state index is 13.6. The highest BCUT2D eigenvalue weighted by molar-refractivity contribution is 9.10. The smallest absolute Gasteiger partial charge is 0.265 e. The standard InChI is InChI=1S/C14H14BrFN2O/c1-8(2)13-12(15)14(19)18-11(17-13)7-9-5-3-4-6-10(9)16/h3-6,8H,7H2,1-2H3,(H,17,18,19). The molecule has 0 radical (unpaired) electrons. The van der Waals surface area contributed by atoms with Crippen molar-refractivity contribution in [2.45, 2.75) is 26.2 Å². The van der Waals surface area contributed by atoms with Crippen molar-refractivity contribution in [1.82, 2.24) is 9.97 Å². The van der Waals surface area contributed by atoms with Crippen LogP contribution < -0.4 is 5.56 Å². The Bertz CT molecular complexity index is 652. The fraction of sp³-hybridized carbons (Fsp3) is 0.286. The van der Waals surface area contributed by atoms with Crippen molar-refractivity contribution in [2.24, 2.45) is 0 Å². The van der Waals surface area contributed by atoms with E-state index >= 15 is 0 Å². The molecule has 0 unspecified atom stereocenters. The van der Waals surface area contributed by atoms with Crippen LogP contribution in [0.1, 0.15) is 36.8 Å². The number of rotatable bonds is 3. The van der Waals surface area contributed by atoms with Crippen molar-refractivity contribution in [1.29, 1.82) is 0 Å². The summed E-state index contributed by atoms with van der Waals surface area (Å²) >= 11 is 3.23. The van der Waals surface area contributed by atoms with Gasteiger partial charge in [0.1, 0.15) is 16.1 Å². The Morgan fingerprint density at radius 1 is 1.37 bits per heavy atom. The van der Waals surface area contributed by atoms with E-state index in [4.69, 9.17) is 0 Å². The summed E-state index contributed by atoms with van der Waals surface area (Å²) in [6.45, 7) is 3.92. The van der Waals surface area contributed by atoms with E-state index in [0.29, 0.717) is 21.6 Å². The molecule has 0 amide bonds. The van der Waals surface area contributed by atoms with E-state index in [1.807, 2.05) is 13.8 Å². The van der Waals surface area contributed by atoms with Crippen LogP contribution in [-0.4, -0.2) is 9.97 Å². The number of H-pyrrole nitrogens is 1.